The smallest absolute Gasteiger partial charge is 0.387 e. The maximum Gasteiger partial charge on any atom is 0.387 e. The van der Waals surface area contributed by atoms with Crippen molar-refractivity contribution in [1.82, 2.24) is 4.90 Å². The molecule has 0 aromatic heterocycles. The number of carboxylic acid groups (broad SMARTS) is 1. The van der Waals surface area contributed by atoms with Gasteiger partial charge < -0.3 is 19.5 Å². The first-order valence-electron chi connectivity index (χ1n) is 8.69. The zero-order valence-corrected chi connectivity index (χ0v) is 14.9. The summed E-state index contributed by atoms with van der Waals surface area (Å²) < 4.78 is 34.9. The van der Waals surface area contributed by atoms with Gasteiger partial charge in [-0.15, -0.1) is 0 Å². The average Bonchev–Trinajstić information content (AvgIpc) is 2.68. The predicted molar refractivity (Wildman–Crippen MR) is 95.5 cm³/mol. The lowest BCUT2D eigenvalue weighted by Gasteiger charge is -2.33. The molecule has 1 aliphatic rings. The van der Waals surface area contributed by atoms with Gasteiger partial charge in [-0.3, -0.25) is 4.79 Å². The molecule has 1 atom stereocenters. The lowest BCUT2D eigenvalue weighted by atomic mass is 10.0. The summed E-state index contributed by atoms with van der Waals surface area (Å²) in [6, 6.07) is 12.6. The Hall–Kier alpha value is -3.00. The molecule has 0 radical (unpaired) electrons. The summed E-state index contributed by atoms with van der Waals surface area (Å²) in [5.41, 5.74) is 1.16. The number of hydrogen-bond donors (Lipinski definition) is 1. The van der Waals surface area contributed by atoms with Crippen LogP contribution >= 0.6 is 0 Å². The van der Waals surface area contributed by atoms with Gasteiger partial charge in [0, 0.05) is 6.54 Å². The third-order valence-electron chi connectivity index (χ3n) is 4.46. The summed E-state index contributed by atoms with van der Waals surface area (Å²) >= 11 is 0. The first-order chi connectivity index (χ1) is 13.4. The van der Waals surface area contributed by atoms with E-state index in [-0.39, 0.29) is 36.8 Å². The molecule has 0 spiro atoms. The quantitative estimate of drug-likeness (QED) is 0.819. The molecule has 2 aromatic carbocycles. The zero-order valence-electron chi connectivity index (χ0n) is 14.9. The van der Waals surface area contributed by atoms with Gasteiger partial charge in [-0.2, -0.15) is 8.78 Å². The van der Waals surface area contributed by atoms with E-state index in [9.17, 15) is 23.5 Å². The van der Waals surface area contributed by atoms with Gasteiger partial charge >= 0.3 is 12.6 Å². The number of amides is 1. The van der Waals surface area contributed by atoms with Crippen LogP contribution in [0.4, 0.5) is 8.78 Å². The molecule has 0 bridgehead atoms. The summed E-state index contributed by atoms with van der Waals surface area (Å²) in [5, 5.41) is 9.26. The molecule has 8 heteroatoms. The largest absolute Gasteiger partial charge is 0.478 e. The molecule has 6 nitrogen and oxygen atoms in total. The zero-order chi connectivity index (χ0) is 20.1. The van der Waals surface area contributed by atoms with Gasteiger partial charge in [0.1, 0.15) is 11.9 Å². The van der Waals surface area contributed by atoms with Crippen LogP contribution < -0.4 is 4.74 Å². The van der Waals surface area contributed by atoms with Crippen molar-refractivity contribution in [3.8, 4) is 5.75 Å². The van der Waals surface area contributed by atoms with Crippen molar-refractivity contribution in [1.29, 1.82) is 0 Å². The van der Waals surface area contributed by atoms with Gasteiger partial charge in [-0.1, -0.05) is 30.3 Å². The Labute approximate surface area is 160 Å². The minimum atomic E-state index is -2.92. The topological polar surface area (TPSA) is 76.1 Å². The SMILES string of the molecule is O=C(O)c1ccccc1CC(=O)N1CCOC(c2cccc(OC(F)F)c2)C1. The second-order valence-corrected chi connectivity index (χ2v) is 6.29. The number of halogens is 2. The van der Waals surface area contributed by atoms with E-state index in [1.54, 1.807) is 35.2 Å². The second-order valence-electron chi connectivity index (χ2n) is 6.29. The Kier molecular flexibility index (Phi) is 6.20. The molecule has 28 heavy (non-hydrogen) atoms. The molecule has 1 amide bonds. The highest BCUT2D eigenvalue weighted by Crippen LogP contribution is 2.26. The Bertz CT molecular complexity index is 858. The van der Waals surface area contributed by atoms with Crippen LogP contribution in [0, 0.1) is 0 Å². The van der Waals surface area contributed by atoms with Crippen molar-refractivity contribution < 1.29 is 33.0 Å². The van der Waals surface area contributed by atoms with Crippen LogP contribution in [-0.2, 0) is 16.0 Å². The van der Waals surface area contributed by atoms with Crippen molar-refractivity contribution >= 4 is 11.9 Å². The number of aromatic carboxylic acids is 1. The highest BCUT2D eigenvalue weighted by Gasteiger charge is 2.26. The highest BCUT2D eigenvalue weighted by molar-refractivity contribution is 5.91. The standard InChI is InChI=1S/C20H19F2NO5/c21-20(22)28-15-6-3-5-14(10-15)17-12-23(8-9-27-17)18(24)11-13-4-1-2-7-16(13)19(25)26/h1-7,10,17,20H,8-9,11-12H2,(H,25,26). The molecular formula is C20H19F2NO5. The van der Waals surface area contributed by atoms with E-state index in [4.69, 9.17) is 4.74 Å². The van der Waals surface area contributed by atoms with Gasteiger partial charge in [0.25, 0.3) is 0 Å². The summed E-state index contributed by atoms with van der Waals surface area (Å²) in [5.74, 6) is -1.28. The molecule has 1 aliphatic heterocycles. The molecule has 148 valence electrons. The first kappa shape index (κ1) is 19.8. The van der Waals surface area contributed by atoms with E-state index >= 15 is 0 Å². The van der Waals surface area contributed by atoms with Crippen LogP contribution in [0.3, 0.4) is 0 Å². The second kappa shape index (κ2) is 8.79. The molecule has 1 N–H and O–H groups in total. The average molecular weight is 391 g/mol. The number of carboxylic acids is 1. The molecule has 1 saturated heterocycles. The molecule has 3 rings (SSSR count). The van der Waals surface area contributed by atoms with Crippen LogP contribution in [0.15, 0.2) is 48.5 Å². The Morgan fingerprint density at radius 2 is 2.00 bits per heavy atom. The molecular weight excluding hydrogens is 372 g/mol. The fourth-order valence-corrected chi connectivity index (χ4v) is 3.13. The van der Waals surface area contributed by atoms with Gasteiger partial charge in [0.2, 0.25) is 5.91 Å². The first-order valence-corrected chi connectivity index (χ1v) is 8.69. The number of carbonyl (C=O) groups is 2. The van der Waals surface area contributed by atoms with Crippen molar-refractivity contribution in [2.45, 2.75) is 19.1 Å². The Balaban J connectivity index is 1.70. The lowest BCUT2D eigenvalue weighted by molar-refractivity contribution is -0.138. The van der Waals surface area contributed by atoms with Crippen molar-refractivity contribution in [2.24, 2.45) is 0 Å². The fourth-order valence-electron chi connectivity index (χ4n) is 3.13. The predicted octanol–water partition coefficient (Wildman–Crippen LogP) is 3.13. The van der Waals surface area contributed by atoms with Crippen molar-refractivity contribution in [2.75, 3.05) is 19.7 Å². The highest BCUT2D eigenvalue weighted by atomic mass is 19.3. The van der Waals surface area contributed by atoms with E-state index in [0.29, 0.717) is 17.7 Å². The fraction of sp³-hybridized carbons (Fsp3) is 0.300. The number of hydrogen-bond acceptors (Lipinski definition) is 4. The van der Waals surface area contributed by atoms with Crippen LogP contribution in [-0.4, -0.2) is 48.2 Å². The number of morpholine rings is 1. The molecule has 0 aliphatic carbocycles. The molecule has 1 unspecified atom stereocenters. The molecule has 1 fully saturated rings. The minimum Gasteiger partial charge on any atom is -0.478 e. The third kappa shape index (κ3) is 4.83. The molecule has 0 saturated carbocycles. The summed E-state index contributed by atoms with van der Waals surface area (Å²) in [7, 11) is 0. The number of rotatable bonds is 6. The maximum atomic E-state index is 12.7. The molecule has 2 aromatic rings. The van der Waals surface area contributed by atoms with E-state index in [0.717, 1.165) is 0 Å². The third-order valence-corrected chi connectivity index (χ3v) is 4.46. The number of alkyl halides is 2. The molecule has 1 heterocycles. The van der Waals surface area contributed by atoms with Crippen molar-refractivity contribution in [3.05, 3.63) is 65.2 Å². The van der Waals surface area contributed by atoms with Gasteiger partial charge in [0.05, 0.1) is 25.1 Å². The Morgan fingerprint density at radius 1 is 1.21 bits per heavy atom. The number of carbonyl (C=O) groups excluding carboxylic acids is 1. The minimum absolute atomic E-state index is 0.0231. The van der Waals surface area contributed by atoms with E-state index in [1.807, 2.05) is 0 Å². The van der Waals surface area contributed by atoms with Crippen LogP contribution in [0.1, 0.15) is 27.6 Å². The monoisotopic (exact) mass is 391 g/mol. The van der Waals surface area contributed by atoms with Gasteiger partial charge in [-0.05, 0) is 29.3 Å². The van der Waals surface area contributed by atoms with Crippen LogP contribution in [0.5, 0.6) is 5.75 Å². The van der Waals surface area contributed by atoms with E-state index < -0.39 is 18.7 Å². The van der Waals surface area contributed by atoms with E-state index in [1.165, 1.54) is 18.2 Å². The summed E-state index contributed by atoms with van der Waals surface area (Å²) in [6.45, 7) is -2.02. The summed E-state index contributed by atoms with van der Waals surface area (Å²) in [6.07, 6.45) is -0.516. The van der Waals surface area contributed by atoms with Gasteiger partial charge in [0.15, 0.2) is 0 Å². The van der Waals surface area contributed by atoms with Crippen LogP contribution in [0.2, 0.25) is 0 Å². The summed E-state index contributed by atoms with van der Waals surface area (Å²) in [4.78, 5) is 25.6. The number of benzene rings is 2. The lowest BCUT2D eigenvalue weighted by Crippen LogP contribution is -2.43. The normalized spacial score (nSPS) is 16.8. The maximum absolute atomic E-state index is 12.7. The Morgan fingerprint density at radius 3 is 2.75 bits per heavy atom. The van der Waals surface area contributed by atoms with Crippen molar-refractivity contribution in [3.63, 3.8) is 0 Å². The van der Waals surface area contributed by atoms with E-state index in [2.05, 4.69) is 4.74 Å². The van der Waals surface area contributed by atoms with Gasteiger partial charge in [-0.25, -0.2) is 4.79 Å². The van der Waals surface area contributed by atoms with Crippen LogP contribution in [0.25, 0.3) is 0 Å². The number of nitrogens with zero attached hydrogens (tertiary/aromatic N) is 1. The number of ether oxygens (including phenoxy) is 2.